The van der Waals surface area contributed by atoms with Crippen LogP contribution in [0.1, 0.15) is 5.56 Å². The smallest absolute Gasteiger partial charge is 0.339 e. The van der Waals surface area contributed by atoms with Gasteiger partial charge < -0.3 is 4.18 Å². The summed E-state index contributed by atoms with van der Waals surface area (Å²) in [6.07, 6.45) is 0. The fraction of sp³-hybridized carbons (Fsp3) is 0. The van der Waals surface area contributed by atoms with Gasteiger partial charge in [0.15, 0.2) is 0 Å². The summed E-state index contributed by atoms with van der Waals surface area (Å²) < 4.78 is 28.8. The molecular weight excluding hydrogens is 296 g/mol. The van der Waals surface area contributed by atoms with E-state index >= 15 is 0 Å². The quantitative estimate of drug-likeness (QED) is 0.486. The minimum atomic E-state index is -4.08. The lowest BCUT2D eigenvalue weighted by atomic mass is 10.2. The van der Waals surface area contributed by atoms with E-state index in [-0.39, 0.29) is 16.3 Å². The van der Waals surface area contributed by atoms with Crippen LogP contribution in [-0.4, -0.2) is 13.3 Å². The van der Waals surface area contributed by atoms with Crippen molar-refractivity contribution in [3.8, 4) is 11.8 Å². The summed E-state index contributed by atoms with van der Waals surface area (Å²) in [5, 5.41) is 19.2. The van der Waals surface area contributed by atoms with Crippen molar-refractivity contribution in [2.75, 3.05) is 0 Å². The molecule has 0 N–H and O–H groups in total. The molecule has 2 rings (SSSR count). The lowest BCUT2D eigenvalue weighted by Crippen LogP contribution is -2.09. The molecule has 0 fully saturated rings. The average Bonchev–Trinajstić information content (AvgIpc) is 2.48. The summed E-state index contributed by atoms with van der Waals surface area (Å²) in [5.74, 6) is 0.0485. The first-order valence-electron chi connectivity index (χ1n) is 5.61. The van der Waals surface area contributed by atoms with Gasteiger partial charge >= 0.3 is 10.1 Å². The number of nitriles is 1. The third-order valence-corrected chi connectivity index (χ3v) is 3.79. The highest BCUT2D eigenvalue weighted by Gasteiger charge is 2.18. The van der Waals surface area contributed by atoms with Crippen molar-refractivity contribution in [3.05, 3.63) is 64.2 Å². The predicted molar refractivity (Wildman–Crippen MR) is 72.1 cm³/mol. The highest BCUT2D eigenvalue weighted by atomic mass is 32.2. The van der Waals surface area contributed by atoms with Crippen LogP contribution >= 0.6 is 0 Å². The first kappa shape index (κ1) is 14.5. The van der Waals surface area contributed by atoms with E-state index in [4.69, 9.17) is 9.44 Å². The number of nitrogens with zero attached hydrogens (tertiary/aromatic N) is 2. The van der Waals surface area contributed by atoms with Crippen LogP contribution in [0.2, 0.25) is 0 Å². The van der Waals surface area contributed by atoms with Crippen molar-refractivity contribution < 1.29 is 17.5 Å². The minimum Gasteiger partial charge on any atom is -0.379 e. The van der Waals surface area contributed by atoms with Crippen molar-refractivity contribution in [1.29, 1.82) is 5.26 Å². The minimum absolute atomic E-state index is 0.0485. The van der Waals surface area contributed by atoms with E-state index in [1.807, 2.05) is 6.07 Å². The number of rotatable bonds is 4. The van der Waals surface area contributed by atoms with E-state index in [0.29, 0.717) is 5.56 Å². The van der Waals surface area contributed by atoms with E-state index in [2.05, 4.69) is 0 Å². The van der Waals surface area contributed by atoms with Gasteiger partial charge in [-0.1, -0.05) is 0 Å². The molecule has 0 unspecified atom stereocenters. The number of non-ortho nitro benzene ring substituents is 1. The van der Waals surface area contributed by atoms with Crippen LogP contribution in [0.4, 0.5) is 5.69 Å². The summed E-state index contributed by atoms with van der Waals surface area (Å²) >= 11 is 0. The normalized spacial score (nSPS) is 10.6. The SMILES string of the molecule is N#Cc1ccc(OS(=O)(=O)c2ccc([N+](=O)[O-])cc2)cc1. The molecule has 21 heavy (non-hydrogen) atoms. The van der Waals surface area contributed by atoms with Gasteiger partial charge in [-0.3, -0.25) is 10.1 Å². The molecule has 0 saturated heterocycles. The Morgan fingerprint density at radius 3 is 2.10 bits per heavy atom. The van der Waals surface area contributed by atoms with Crippen molar-refractivity contribution in [3.63, 3.8) is 0 Å². The first-order valence-corrected chi connectivity index (χ1v) is 7.02. The van der Waals surface area contributed by atoms with Gasteiger partial charge in [-0.25, -0.2) is 0 Å². The maximum atomic E-state index is 12.0. The second-order valence-electron chi connectivity index (χ2n) is 3.92. The number of hydrogen-bond donors (Lipinski definition) is 0. The Labute approximate surface area is 120 Å². The molecule has 0 aliphatic heterocycles. The van der Waals surface area contributed by atoms with Crippen LogP contribution in [0, 0.1) is 21.4 Å². The van der Waals surface area contributed by atoms with Crippen LogP contribution in [0.5, 0.6) is 5.75 Å². The van der Waals surface area contributed by atoms with Gasteiger partial charge in [0.1, 0.15) is 10.6 Å². The molecule has 106 valence electrons. The summed E-state index contributed by atoms with van der Waals surface area (Å²) in [5.41, 5.74) is 0.155. The van der Waals surface area contributed by atoms with Crippen LogP contribution in [0.15, 0.2) is 53.4 Å². The zero-order chi connectivity index (χ0) is 15.5. The largest absolute Gasteiger partial charge is 0.379 e. The van der Waals surface area contributed by atoms with Crippen molar-refractivity contribution >= 4 is 15.8 Å². The molecule has 7 nitrogen and oxygen atoms in total. The first-order chi connectivity index (χ1) is 9.92. The molecule has 0 aromatic heterocycles. The number of nitro benzene ring substituents is 1. The van der Waals surface area contributed by atoms with Crippen molar-refractivity contribution in [1.82, 2.24) is 0 Å². The summed E-state index contributed by atoms with van der Waals surface area (Å²) in [7, 11) is -4.08. The molecule has 0 atom stereocenters. The van der Waals surface area contributed by atoms with Gasteiger partial charge in [0.05, 0.1) is 16.6 Å². The molecule has 0 saturated carbocycles. The van der Waals surface area contributed by atoms with E-state index < -0.39 is 15.0 Å². The highest BCUT2D eigenvalue weighted by Crippen LogP contribution is 2.21. The number of nitro groups is 1. The average molecular weight is 304 g/mol. The number of hydrogen-bond acceptors (Lipinski definition) is 6. The van der Waals surface area contributed by atoms with E-state index in [1.165, 1.54) is 24.3 Å². The van der Waals surface area contributed by atoms with Crippen LogP contribution in [0.3, 0.4) is 0 Å². The van der Waals surface area contributed by atoms with E-state index in [0.717, 1.165) is 24.3 Å². The predicted octanol–water partition coefficient (Wildman–Crippen LogP) is 2.23. The van der Waals surface area contributed by atoms with Gasteiger partial charge in [0.2, 0.25) is 0 Å². The molecule has 2 aromatic carbocycles. The third kappa shape index (κ3) is 3.34. The van der Waals surface area contributed by atoms with Crippen molar-refractivity contribution in [2.24, 2.45) is 0 Å². The molecule has 0 heterocycles. The molecule has 0 aliphatic carbocycles. The summed E-state index contributed by atoms with van der Waals surface area (Å²) in [6, 6.07) is 11.8. The van der Waals surface area contributed by atoms with Crippen LogP contribution in [0.25, 0.3) is 0 Å². The maximum Gasteiger partial charge on any atom is 0.339 e. The topological polar surface area (TPSA) is 110 Å². The second-order valence-corrected chi connectivity index (χ2v) is 5.47. The lowest BCUT2D eigenvalue weighted by molar-refractivity contribution is -0.384. The van der Waals surface area contributed by atoms with E-state index in [9.17, 15) is 18.5 Å². The maximum absolute atomic E-state index is 12.0. The Morgan fingerprint density at radius 1 is 1.05 bits per heavy atom. The molecule has 0 spiro atoms. The Bertz CT molecular complexity index is 805. The highest BCUT2D eigenvalue weighted by molar-refractivity contribution is 7.87. The standard InChI is InChI=1S/C13H8N2O5S/c14-9-10-1-5-12(6-2-10)20-21(18,19)13-7-3-11(4-8-13)15(16)17/h1-8H. The molecule has 8 heteroatoms. The summed E-state index contributed by atoms with van der Waals surface area (Å²) in [6.45, 7) is 0. The summed E-state index contributed by atoms with van der Waals surface area (Å²) in [4.78, 5) is 9.69. The third-order valence-electron chi connectivity index (χ3n) is 2.53. The molecule has 0 radical (unpaired) electrons. The van der Waals surface area contributed by atoms with Crippen molar-refractivity contribution in [2.45, 2.75) is 4.90 Å². The zero-order valence-electron chi connectivity index (χ0n) is 10.5. The fourth-order valence-corrected chi connectivity index (χ4v) is 2.42. The molecule has 0 bridgehead atoms. The van der Waals surface area contributed by atoms with Crippen LogP contribution in [-0.2, 0) is 10.1 Å². The zero-order valence-corrected chi connectivity index (χ0v) is 11.3. The molecular formula is C13H8N2O5S. The van der Waals surface area contributed by atoms with Gasteiger partial charge in [-0.05, 0) is 36.4 Å². The monoisotopic (exact) mass is 304 g/mol. The Kier molecular flexibility index (Phi) is 3.86. The van der Waals surface area contributed by atoms with Gasteiger partial charge in [0.25, 0.3) is 5.69 Å². The fourth-order valence-electron chi connectivity index (χ4n) is 1.49. The molecule has 2 aromatic rings. The molecule has 0 amide bonds. The van der Waals surface area contributed by atoms with Gasteiger partial charge in [0, 0.05) is 12.1 Å². The van der Waals surface area contributed by atoms with Crippen LogP contribution < -0.4 is 4.18 Å². The Hall–Kier alpha value is -2.92. The lowest BCUT2D eigenvalue weighted by Gasteiger charge is -2.06. The van der Waals surface area contributed by atoms with Gasteiger partial charge in [-0.2, -0.15) is 13.7 Å². The Morgan fingerprint density at radius 2 is 1.62 bits per heavy atom. The Balaban J connectivity index is 2.25. The van der Waals surface area contributed by atoms with E-state index in [1.54, 1.807) is 0 Å². The van der Waals surface area contributed by atoms with Gasteiger partial charge in [-0.15, -0.1) is 0 Å². The number of benzene rings is 2. The molecule has 0 aliphatic rings. The second kappa shape index (κ2) is 5.60.